The third-order valence-electron chi connectivity index (χ3n) is 3.35. The topological polar surface area (TPSA) is 50.5 Å². The minimum absolute atomic E-state index is 0.452. The summed E-state index contributed by atoms with van der Waals surface area (Å²) in [5.41, 5.74) is 0. The highest BCUT2D eigenvalue weighted by atomic mass is 16.5. The molecule has 0 bridgehead atoms. The summed E-state index contributed by atoms with van der Waals surface area (Å²) in [6, 6.07) is 1.72. The average Bonchev–Trinajstić information content (AvgIpc) is 2.68. The van der Waals surface area contributed by atoms with E-state index in [4.69, 9.17) is 9.15 Å². The van der Waals surface area contributed by atoms with Crippen LogP contribution >= 0.6 is 0 Å². The Kier molecular flexibility index (Phi) is 2.80. The minimum Gasteiger partial charge on any atom is -0.432 e. The van der Waals surface area contributed by atoms with Gasteiger partial charge in [0.15, 0.2) is 0 Å². The number of piperidine rings is 1. The number of nitrogens with one attached hydrogen (secondary N) is 1. The second kappa shape index (κ2) is 4.43. The second-order valence-electron chi connectivity index (χ2n) is 4.51. The molecule has 16 heavy (non-hydrogen) atoms. The van der Waals surface area contributed by atoms with E-state index in [0.717, 1.165) is 19.8 Å². The third-order valence-corrected chi connectivity index (χ3v) is 3.35. The number of rotatable bonds is 3. The first-order chi connectivity index (χ1) is 7.92. The molecule has 0 radical (unpaired) electrons. The fraction of sp³-hybridized carbons (Fsp3) is 0.727. The summed E-state index contributed by atoms with van der Waals surface area (Å²) in [5.74, 6) is 0. The number of hydrogen-bond donors (Lipinski definition) is 1. The van der Waals surface area contributed by atoms with Crippen LogP contribution in [0.3, 0.4) is 0 Å². The molecule has 1 aromatic heterocycles. The SMILES string of the molecule is c1coc(N[C@@H]2CCCN(C3COC3)C2)n1. The maximum absolute atomic E-state index is 5.24. The van der Waals surface area contributed by atoms with Crippen LogP contribution in [0.5, 0.6) is 0 Å². The summed E-state index contributed by atoms with van der Waals surface area (Å²) < 4.78 is 10.4. The van der Waals surface area contributed by atoms with Crippen molar-refractivity contribution in [1.82, 2.24) is 9.88 Å². The lowest BCUT2D eigenvalue weighted by Gasteiger charge is -2.42. The fourth-order valence-electron chi connectivity index (χ4n) is 2.36. The molecule has 3 heterocycles. The largest absolute Gasteiger partial charge is 0.432 e. The van der Waals surface area contributed by atoms with Gasteiger partial charge in [-0.3, -0.25) is 4.90 Å². The summed E-state index contributed by atoms with van der Waals surface area (Å²) in [6.07, 6.45) is 5.69. The molecule has 2 aliphatic heterocycles. The van der Waals surface area contributed by atoms with Crippen LogP contribution in [0.25, 0.3) is 0 Å². The van der Waals surface area contributed by atoms with Gasteiger partial charge in [0.05, 0.1) is 25.5 Å². The molecule has 1 N–H and O–H groups in total. The highest BCUT2D eigenvalue weighted by Gasteiger charge is 2.30. The molecule has 1 aromatic rings. The van der Waals surface area contributed by atoms with Crippen LogP contribution < -0.4 is 5.32 Å². The van der Waals surface area contributed by atoms with Gasteiger partial charge in [0.1, 0.15) is 6.26 Å². The van der Waals surface area contributed by atoms with Gasteiger partial charge in [0.25, 0.3) is 6.01 Å². The zero-order valence-corrected chi connectivity index (χ0v) is 9.26. The number of hydrogen-bond acceptors (Lipinski definition) is 5. The van der Waals surface area contributed by atoms with Gasteiger partial charge >= 0.3 is 0 Å². The molecule has 2 aliphatic rings. The van der Waals surface area contributed by atoms with Gasteiger partial charge in [-0.15, -0.1) is 0 Å². The molecule has 0 aromatic carbocycles. The number of oxazole rings is 1. The lowest BCUT2D eigenvalue weighted by atomic mass is 10.0. The van der Waals surface area contributed by atoms with Crippen molar-refractivity contribution in [1.29, 1.82) is 0 Å². The van der Waals surface area contributed by atoms with Gasteiger partial charge < -0.3 is 14.5 Å². The Labute approximate surface area is 94.8 Å². The van der Waals surface area contributed by atoms with Crippen molar-refractivity contribution >= 4 is 6.01 Å². The molecular weight excluding hydrogens is 206 g/mol. The van der Waals surface area contributed by atoms with Gasteiger partial charge in [0, 0.05) is 12.6 Å². The molecule has 0 amide bonds. The van der Waals surface area contributed by atoms with E-state index in [9.17, 15) is 0 Å². The Balaban J connectivity index is 1.55. The fourth-order valence-corrected chi connectivity index (χ4v) is 2.36. The van der Waals surface area contributed by atoms with Gasteiger partial charge in [-0.1, -0.05) is 0 Å². The number of aromatic nitrogens is 1. The number of nitrogens with zero attached hydrogens (tertiary/aromatic N) is 2. The van der Waals surface area contributed by atoms with Gasteiger partial charge in [-0.2, -0.15) is 0 Å². The summed E-state index contributed by atoms with van der Waals surface area (Å²) in [7, 11) is 0. The van der Waals surface area contributed by atoms with Crippen molar-refractivity contribution in [2.45, 2.75) is 24.9 Å². The maximum Gasteiger partial charge on any atom is 0.294 e. The van der Waals surface area contributed by atoms with E-state index in [1.54, 1.807) is 12.5 Å². The monoisotopic (exact) mass is 223 g/mol. The van der Waals surface area contributed by atoms with E-state index in [-0.39, 0.29) is 0 Å². The highest BCUT2D eigenvalue weighted by molar-refractivity contribution is 5.20. The standard InChI is InChI=1S/C11H17N3O2/c1-2-9(13-11-12-3-5-16-11)6-14(4-1)10-7-15-8-10/h3,5,9-10H,1-2,4,6-8H2,(H,12,13)/t9-/m1/s1. The second-order valence-corrected chi connectivity index (χ2v) is 4.51. The predicted molar refractivity (Wildman–Crippen MR) is 59.3 cm³/mol. The van der Waals surface area contributed by atoms with Crippen LogP contribution in [0.2, 0.25) is 0 Å². The molecular formula is C11H17N3O2. The van der Waals surface area contributed by atoms with Crippen molar-refractivity contribution < 1.29 is 9.15 Å². The highest BCUT2D eigenvalue weighted by Crippen LogP contribution is 2.19. The molecule has 88 valence electrons. The predicted octanol–water partition coefficient (Wildman–Crippen LogP) is 0.950. The van der Waals surface area contributed by atoms with E-state index >= 15 is 0 Å². The van der Waals surface area contributed by atoms with Crippen molar-refractivity contribution in [3.8, 4) is 0 Å². The lowest BCUT2D eigenvalue weighted by Crippen LogP contribution is -2.54. The number of ether oxygens (including phenoxy) is 1. The van der Waals surface area contributed by atoms with Crippen LogP contribution in [-0.4, -0.2) is 48.3 Å². The Hall–Kier alpha value is -1.07. The molecule has 5 nitrogen and oxygen atoms in total. The summed E-state index contributed by atoms with van der Waals surface area (Å²) in [4.78, 5) is 6.60. The maximum atomic E-state index is 5.24. The molecule has 2 saturated heterocycles. The Morgan fingerprint density at radius 1 is 1.44 bits per heavy atom. The van der Waals surface area contributed by atoms with Crippen LogP contribution in [0.1, 0.15) is 12.8 Å². The molecule has 3 rings (SSSR count). The molecule has 0 spiro atoms. The molecule has 0 unspecified atom stereocenters. The first-order valence-electron chi connectivity index (χ1n) is 5.89. The van der Waals surface area contributed by atoms with E-state index in [2.05, 4.69) is 15.2 Å². The Morgan fingerprint density at radius 2 is 2.38 bits per heavy atom. The third kappa shape index (κ3) is 2.05. The van der Waals surface area contributed by atoms with Crippen molar-refractivity contribution in [2.24, 2.45) is 0 Å². The Morgan fingerprint density at radius 3 is 3.06 bits per heavy atom. The van der Waals surface area contributed by atoms with Crippen LogP contribution in [0.4, 0.5) is 6.01 Å². The van der Waals surface area contributed by atoms with E-state index in [1.165, 1.54) is 19.4 Å². The molecule has 5 heteroatoms. The minimum atomic E-state index is 0.452. The van der Waals surface area contributed by atoms with E-state index < -0.39 is 0 Å². The zero-order valence-electron chi connectivity index (χ0n) is 9.26. The quantitative estimate of drug-likeness (QED) is 0.826. The summed E-state index contributed by atoms with van der Waals surface area (Å²) in [6.45, 7) is 4.05. The van der Waals surface area contributed by atoms with Crippen LogP contribution in [-0.2, 0) is 4.74 Å². The molecule has 1 atom stereocenters. The first-order valence-corrected chi connectivity index (χ1v) is 5.89. The summed E-state index contributed by atoms with van der Waals surface area (Å²) in [5, 5.41) is 3.33. The lowest BCUT2D eigenvalue weighted by molar-refractivity contribution is -0.0710. The van der Waals surface area contributed by atoms with Crippen molar-refractivity contribution in [2.75, 3.05) is 31.6 Å². The smallest absolute Gasteiger partial charge is 0.294 e. The van der Waals surface area contributed by atoms with E-state index in [1.807, 2.05) is 0 Å². The van der Waals surface area contributed by atoms with E-state index in [0.29, 0.717) is 18.1 Å². The van der Waals surface area contributed by atoms with Crippen LogP contribution in [0.15, 0.2) is 16.9 Å². The molecule has 2 fully saturated rings. The van der Waals surface area contributed by atoms with Crippen LogP contribution in [0, 0.1) is 0 Å². The zero-order chi connectivity index (χ0) is 10.8. The summed E-state index contributed by atoms with van der Waals surface area (Å²) >= 11 is 0. The molecule has 0 aliphatic carbocycles. The van der Waals surface area contributed by atoms with Crippen molar-refractivity contribution in [3.05, 3.63) is 12.5 Å². The Bertz CT molecular complexity index is 324. The van der Waals surface area contributed by atoms with Gasteiger partial charge in [0.2, 0.25) is 0 Å². The average molecular weight is 223 g/mol. The van der Waals surface area contributed by atoms with Gasteiger partial charge in [-0.25, -0.2) is 4.98 Å². The van der Waals surface area contributed by atoms with Crippen molar-refractivity contribution in [3.63, 3.8) is 0 Å². The van der Waals surface area contributed by atoms with Gasteiger partial charge in [-0.05, 0) is 19.4 Å². The first kappa shape index (κ1) is 10.1. The normalized spacial score (nSPS) is 27.6. The number of anilines is 1. The molecule has 0 saturated carbocycles. The number of likely N-dealkylation sites (tertiary alicyclic amines) is 1.